The van der Waals surface area contributed by atoms with Crippen LogP contribution in [0.1, 0.15) is 31.2 Å². The van der Waals surface area contributed by atoms with Crippen molar-refractivity contribution >= 4 is 12.0 Å². The summed E-state index contributed by atoms with van der Waals surface area (Å²) < 4.78 is 5.66. The van der Waals surface area contributed by atoms with Gasteiger partial charge in [-0.15, -0.1) is 0 Å². The van der Waals surface area contributed by atoms with Crippen molar-refractivity contribution in [1.82, 2.24) is 10.6 Å². The molecule has 0 spiro atoms. The fourth-order valence-electron chi connectivity index (χ4n) is 3.32. The Morgan fingerprint density at radius 2 is 1.74 bits per heavy atom. The van der Waals surface area contributed by atoms with Gasteiger partial charge in [-0.05, 0) is 43.7 Å². The van der Waals surface area contributed by atoms with Crippen LogP contribution in [-0.4, -0.2) is 35.8 Å². The van der Waals surface area contributed by atoms with Crippen molar-refractivity contribution in [2.75, 3.05) is 6.61 Å². The van der Waals surface area contributed by atoms with Gasteiger partial charge in [0.25, 0.3) is 0 Å². The summed E-state index contributed by atoms with van der Waals surface area (Å²) in [7, 11) is 0. The number of hydrogen-bond acceptors (Lipinski definition) is 3. The van der Waals surface area contributed by atoms with Crippen LogP contribution in [0.15, 0.2) is 24.3 Å². The molecule has 1 aliphatic heterocycles. The second-order valence-corrected chi connectivity index (χ2v) is 6.32. The first kappa shape index (κ1) is 15.6. The summed E-state index contributed by atoms with van der Waals surface area (Å²) in [5, 5.41) is 14.9. The maximum atomic E-state index is 12.1. The average Bonchev–Trinajstić information content (AvgIpc) is 2.55. The molecule has 1 aromatic carbocycles. The third kappa shape index (κ3) is 3.94. The standard InChI is InChI=1S/C17H22N2O4/c20-16(21)11-5-7-13(8-6-11)18-17(22)19-14-9-12-3-1-2-4-15(12)23-10-14/h1-4,11,13-14H,5-10H2,(H,20,21)(H2,18,19,22). The molecular formula is C17H22N2O4. The number of hydrogen-bond donors (Lipinski definition) is 3. The summed E-state index contributed by atoms with van der Waals surface area (Å²) in [6.07, 6.45) is 3.44. The molecule has 1 atom stereocenters. The number of benzene rings is 1. The van der Waals surface area contributed by atoms with Gasteiger partial charge in [0.1, 0.15) is 12.4 Å². The van der Waals surface area contributed by atoms with Gasteiger partial charge in [0.15, 0.2) is 0 Å². The predicted octanol–water partition coefficient (Wildman–Crippen LogP) is 1.93. The zero-order chi connectivity index (χ0) is 16.2. The highest BCUT2D eigenvalue weighted by molar-refractivity contribution is 5.75. The molecule has 1 aromatic rings. The van der Waals surface area contributed by atoms with E-state index in [1.165, 1.54) is 0 Å². The highest BCUT2D eigenvalue weighted by Gasteiger charge is 2.27. The van der Waals surface area contributed by atoms with Crippen LogP contribution < -0.4 is 15.4 Å². The van der Waals surface area contributed by atoms with Crippen molar-refractivity contribution in [2.24, 2.45) is 5.92 Å². The molecule has 1 saturated carbocycles. The summed E-state index contributed by atoms with van der Waals surface area (Å²) in [5.74, 6) is -0.108. The normalized spacial score (nSPS) is 26.5. The quantitative estimate of drug-likeness (QED) is 0.795. The molecule has 23 heavy (non-hydrogen) atoms. The minimum absolute atomic E-state index is 0.0414. The van der Waals surface area contributed by atoms with E-state index in [0.29, 0.717) is 32.3 Å². The lowest BCUT2D eigenvalue weighted by atomic mass is 9.86. The minimum atomic E-state index is -0.731. The van der Waals surface area contributed by atoms with Crippen molar-refractivity contribution in [1.29, 1.82) is 0 Å². The number of ether oxygens (including phenoxy) is 1. The average molecular weight is 318 g/mol. The lowest BCUT2D eigenvalue weighted by Crippen LogP contribution is -2.50. The topological polar surface area (TPSA) is 87.7 Å². The summed E-state index contributed by atoms with van der Waals surface area (Å²) >= 11 is 0. The molecule has 1 unspecified atom stereocenters. The number of para-hydroxylation sites is 1. The third-order valence-corrected chi connectivity index (χ3v) is 4.63. The molecule has 124 valence electrons. The van der Waals surface area contributed by atoms with Crippen molar-refractivity contribution in [2.45, 2.75) is 44.2 Å². The van der Waals surface area contributed by atoms with Crippen LogP contribution >= 0.6 is 0 Å². The molecule has 1 fully saturated rings. The Labute approximate surface area is 135 Å². The molecule has 2 amide bonds. The van der Waals surface area contributed by atoms with Gasteiger partial charge in [0.05, 0.1) is 12.0 Å². The van der Waals surface area contributed by atoms with Crippen LogP contribution in [-0.2, 0) is 11.2 Å². The van der Waals surface area contributed by atoms with Gasteiger partial charge >= 0.3 is 12.0 Å². The number of carboxylic acids is 1. The highest BCUT2D eigenvalue weighted by Crippen LogP contribution is 2.25. The molecular weight excluding hydrogens is 296 g/mol. The molecule has 0 aromatic heterocycles. The molecule has 3 N–H and O–H groups in total. The van der Waals surface area contributed by atoms with Gasteiger partial charge < -0.3 is 20.5 Å². The van der Waals surface area contributed by atoms with E-state index in [1.807, 2.05) is 24.3 Å². The maximum Gasteiger partial charge on any atom is 0.315 e. The Balaban J connectivity index is 1.45. The van der Waals surface area contributed by atoms with Crippen LogP contribution in [0.4, 0.5) is 4.79 Å². The number of aliphatic carboxylic acids is 1. The van der Waals surface area contributed by atoms with E-state index in [-0.39, 0.29) is 24.0 Å². The summed E-state index contributed by atoms with van der Waals surface area (Å²) in [5.41, 5.74) is 1.10. The maximum absolute atomic E-state index is 12.1. The Bertz CT molecular complexity index is 582. The van der Waals surface area contributed by atoms with Crippen molar-refractivity contribution in [3.05, 3.63) is 29.8 Å². The molecule has 6 heteroatoms. The molecule has 6 nitrogen and oxygen atoms in total. The molecule has 1 heterocycles. The lowest BCUT2D eigenvalue weighted by molar-refractivity contribution is -0.142. The Hall–Kier alpha value is -2.24. The fraction of sp³-hybridized carbons (Fsp3) is 0.529. The minimum Gasteiger partial charge on any atom is -0.491 e. The second-order valence-electron chi connectivity index (χ2n) is 6.32. The van der Waals surface area contributed by atoms with Gasteiger partial charge in [0.2, 0.25) is 0 Å². The van der Waals surface area contributed by atoms with E-state index in [9.17, 15) is 9.59 Å². The van der Waals surface area contributed by atoms with Crippen LogP contribution in [0.25, 0.3) is 0 Å². The number of carbonyl (C=O) groups excluding carboxylic acids is 1. The fourth-order valence-corrected chi connectivity index (χ4v) is 3.32. The van der Waals surface area contributed by atoms with Crippen LogP contribution in [0.3, 0.4) is 0 Å². The highest BCUT2D eigenvalue weighted by atomic mass is 16.5. The van der Waals surface area contributed by atoms with Crippen molar-refractivity contribution in [3.8, 4) is 5.75 Å². The third-order valence-electron chi connectivity index (χ3n) is 4.63. The van der Waals surface area contributed by atoms with Gasteiger partial charge in [-0.25, -0.2) is 4.79 Å². The van der Waals surface area contributed by atoms with E-state index in [4.69, 9.17) is 9.84 Å². The Morgan fingerprint density at radius 1 is 1.04 bits per heavy atom. The molecule has 1 aliphatic carbocycles. The first-order valence-corrected chi connectivity index (χ1v) is 8.12. The van der Waals surface area contributed by atoms with Crippen LogP contribution in [0.2, 0.25) is 0 Å². The predicted molar refractivity (Wildman–Crippen MR) is 84.5 cm³/mol. The lowest BCUT2D eigenvalue weighted by Gasteiger charge is -2.29. The number of rotatable bonds is 3. The first-order chi connectivity index (χ1) is 11.1. The summed E-state index contributed by atoms with van der Waals surface area (Å²) in [6, 6.07) is 7.67. The monoisotopic (exact) mass is 318 g/mol. The number of urea groups is 1. The van der Waals surface area contributed by atoms with E-state index in [2.05, 4.69) is 10.6 Å². The SMILES string of the molecule is O=C(NC1CCC(C(=O)O)CC1)NC1COc2ccccc2C1. The largest absolute Gasteiger partial charge is 0.491 e. The van der Waals surface area contributed by atoms with Gasteiger partial charge in [-0.2, -0.15) is 0 Å². The van der Waals surface area contributed by atoms with Crippen LogP contribution in [0, 0.1) is 5.92 Å². The number of carbonyl (C=O) groups is 2. The van der Waals surface area contributed by atoms with E-state index < -0.39 is 5.97 Å². The molecule has 0 radical (unpaired) electrons. The summed E-state index contributed by atoms with van der Waals surface area (Å²) in [6.45, 7) is 0.468. The Morgan fingerprint density at radius 3 is 2.48 bits per heavy atom. The van der Waals surface area contributed by atoms with Gasteiger partial charge in [-0.3, -0.25) is 4.79 Å². The van der Waals surface area contributed by atoms with Gasteiger partial charge in [-0.1, -0.05) is 18.2 Å². The van der Waals surface area contributed by atoms with Crippen LogP contribution in [0.5, 0.6) is 5.75 Å². The second kappa shape index (κ2) is 6.89. The van der Waals surface area contributed by atoms with E-state index >= 15 is 0 Å². The molecule has 0 bridgehead atoms. The number of carboxylic acid groups (broad SMARTS) is 1. The smallest absolute Gasteiger partial charge is 0.315 e. The Kier molecular flexibility index (Phi) is 4.69. The van der Waals surface area contributed by atoms with E-state index in [0.717, 1.165) is 17.7 Å². The van der Waals surface area contributed by atoms with Crippen molar-refractivity contribution < 1.29 is 19.4 Å². The number of nitrogens with one attached hydrogen (secondary N) is 2. The van der Waals surface area contributed by atoms with Gasteiger partial charge in [0, 0.05) is 6.04 Å². The zero-order valence-corrected chi connectivity index (χ0v) is 13.0. The first-order valence-electron chi connectivity index (χ1n) is 8.12. The molecule has 2 aliphatic rings. The zero-order valence-electron chi connectivity index (χ0n) is 13.0. The number of fused-ring (bicyclic) bond motifs is 1. The number of amides is 2. The van der Waals surface area contributed by atoms with E-state index in [1.54, 1.807) is 0 Å². The van der Waals surface area contributed by atoms with Crippen molar-refractivity contribution in [3.63, 3.8) is 0 Å². The molecule has 0 saturated heterocycles. The summed E-state index contributed by atoms with van der Waals surface area (Å²) in [4.78, 5) is 23.0. The molecule has 3 rings (SSSR count).